The van der Waals surface area contributed by atoms with Crippen LogP contribution in [0.1, 0.15) is 112 Å². The third-order valence-corrected chi connectivity index (χ3v) is 16.5. The van der Waals surface area contributed by atoms with Crippen molar-refractivity contribution in [3.63, 3.8) is 0 Å². The van der Waals surface area contributed by atoms with Gasteiger partial charge in [-0.1, -0.05) is 30.3 Å². The van der Waals surface area contributed by atoms with Crippen molar-refractivity contribution in [1.82, 2.24) is 19.9 Å². The molecule has 0 unspecified atom stereocenters. The highest BCUT2D eigenvalue weighted by Crippen LogP contribution is 2.48. The number of ketones is 2. The van der Waals surface area contributed by atoms with Gasteiger partial charge in [-0.05, 0) is 198 Å². The molecule has 16 nitrogen and oxygen atoms in total. The Morgan fingerprint density at radius 2 is 1.07 bits per heavy atom. The maximum atomic E-state index is 13.2. The summed E-state index contributed by atoms with van der Waals surface area (Å²) in [5.74, 6) is 1.57. The summed E-state index contributed by atoms with van der Waals surface area (Å²) in [6.45, 7) is 19.6. The average Bonchev–Trinajstić information content (AvgIpc) is 0.747. The number of hydrogen-bond donors (Lipinski definition) is 1. The highest BCUT2D eigenvalue weighted by molar-refractivity contribution is 7.89. The molecular weight excluding hydrogens is 1190 g/mol. The van der Waals surface area contributed by atoms with Gasteiger partial charge in [0.05, 0.1) is 51.4 Å². The van der Waals surface area contributed by atoms with Crippen LogP contribution in [0.15, 0.2) is 139 Å². The predicted molar refractivity (Wildman–Crippen MR) is 341 cm³/mol. The molecule has 0 spiro atoms. The SMILES string of the molecule is CC(=O)[C@@H](OC(C)(C)C)c1c(C)cc2nc(OCc3ccc(S(N)(=O)=O)cc3)ccc2c1-c1ccc2c3c(ccnc13)CCO2.CC(=O)[C@@H](OC(C)(C)C)c1c(C)cc2nc(OCc3ccccc3OC(F)(F)F)ccc2c1-c1ccc2c3c(ccnc13)CCO2. The van der Waals surface area contributed by atoms with Gasteiger partial charge in [0, 0.05) is 75.6 Å². The molecule has 91 heavy (non-hydrogen) atoms. The molecule has 6 heterocycles. The van der Waals surface area contributed by atoms with E-state index in [2.05, 4.69) is 4.74 Å². The number of Topliss-reactive ketones (excluding diaryl/α,β-unsaturated/α-hetero) is 2. The first kappa shape index (κ1) is 63.5. The zero-order valence-corrected chi connectivity index (χ0v) is 52.8. The van der Waals surface area contributed by atoms with E-state index in [1.165, 1.54) is 42.8 Å². The lowest BCUT2D eigenvalue weighted by Crippen LogP contribution is -2.27. The smallest absolute Gasteiger partial charge is 0.493 e. The van der Waals surface area contributed by atoms with Gasteiger partial charge in [-0.15, -0.1) is 13.2 Å². The molecule has 12 rings (SSSR count). The zero-order chi connectivity index (χ0) is 64.9. The van der Waals surface area contributed by atoms with E-state index in [1.54, 1.807) is 43.5 Å². The number of fused-ring (bicyclic) bond motifs is 2. The second-order valence-electron chi connectivity index (χ2n) is 24.6. The minimum atomic E-state index is -4.83. The number of pyridine rings is 4. The largest absolute Gasteiger partial charge is 0.573 e. The average molecular weight is 1260 g/mol. The zero-order valence-electron chi connectivity index (χ0n) is 52.0. The summed E-state index contributed by atoms with van der Waals surface area (Å²) in [4.78, 5) is 45.7. The second kappa shape index (κ2) is 25.0. The van der Waals surface area contributed by atoms with Crippen LogP contribution >= 0.6 is 0 Å². The van der Waals surface area contributed by atoms with Crippen molar-refractivity contribution in [3.8, 4) is 51.3 Å². The van der Waals surface area contributed by atoms with Crippen LogP contribution in [0.2, 0.25) is 0 Å². The third-order valence-electron chi connectivity index (χ3n) is 15.5. The quantitative estimate of drug-likeness (QED) is 0.0953. The molecule has 0 aliphatic carbocycles. The number of ether oxygens (including phenoxy) is 7. The number of alkyl halides is 3. The fraction of sp³-hybridized carbons (Fsp3) is 0.296. The van der Waals surface area contributed by atoms with Gasteiger partial charge in [0.25, 0.3) is 0 Å². The van der Waals surface area contributed by atoms with Crippen molar-refractivity contribution in [3.05, 3.63) is 178 Å². The van der Waals surface area contributed by atoms with E-state index in [1.807, 2.05) is 122 Å². The fourth-order valence-electron chi connectivity index (χ4n) is 11.8. The molecule has 4 aromatic heterocycles. The second-order valence-corrected chi connectivity index (χ2v) is 26.1. The summed E-state index contributed by atoms with van der Waals surface area (Å²) >= 11 is 0. The number of rotatable bonds is 16. The van der Waals surface area contributed by atoms with Crippen LogP contribution < -0.4 is 28.8 Å². The van der Waals surface area contributed by atoms with Gasteiger partial charge < -0.3 is 33.2 Å². The molecule has 10 aromatic rings. The van der Waals surface area contributed by atoms with Crippen molar-refractivity contribution >= 4 is 65.2 Å². The third kappa shape index (κ3) is 13.8. The molecule has 0 amide bonds. The Bertz CT molecular complexity index is 4600. The minimum absolute atomic E-state index is 0.0351. The summed E-state index contributed by atoms with van der Waals surface area (Å²) in [5, 5.41) is 8.67. The van der Waals surface area contributed by atoms with Gasteiger partial charge >= 0.3 is 6.36 Å². The number of aryl methyl sites for hydroxylation is 2. The van der Waals surface area contributed by atoms with Gasteiger partial charge in [0.15, 0.2) is 11.6 Å². The first-order chi connectivity index (χ1) is 43.1. The van der Waals surface area contributed by atoms with E-state index in [0.29, 0.717) is 35.7 Å². The van der Waals surface area contributed by atoms with Crippen LogP contribution in [0.4, 0.5) is 13.2 Å². The molecular formula is C71H68F3N5O11S. The monoisotopic (exact) mass is 1260 g/mol. The Morgan fingerprint density at radius 3 is 1.51 bits per heavy atom. The Morgan fingerprint density at radius 1 is 0.604 bits per heavy atom. The molecule has 2 aliphatic rings. The van der Waals surface area contributed by atoms with Gasteiger partial charge in [-0.3, -0.25) is 19.6 Å². The standard InChI is InChI=1S/C36H33F3N2O5.C35H35N3O6S/c1-20-18-26-24(11-13-29(41-26)44-19-23-8-6-7-9-27(23)45-36(37,38)39)32(30(20)34(21(2)42)46-35(3,4)5)25-10-12-28-31-22(15-17-43-28)14-16-40-33(25)31;1-20-18-27-25(11-13-29(38-27)43-19-22-6-8-24(9-7-22)45(36,40)41)32(30(20)34(21(2)39)44-35(3,4)5)26-10-12-28-31-23(15-17-42-28)14-16-37-33(26)31/h6-14,16,18,34H,15,17,19H2,1-5H3;6-14,16,18,34H,15,17,19H2,1-5H3,(H2,36,40,41)/t2*34-/m11/s1. The molecule has 6 aromatic carbocycles. The molecule has 2 aliphatic heterocycles. The van der Waals surface area contributed by atoms with Crippen LogP contribution in [0.25, 0.3) is 65.9 Å². The summed E-state index contributed by atoms with van der Waals surface area (Å²) < 4.78 is 103. The minimum Gasteiger partial charge on any atom is -0.493 e. The summed E-state index contributed by atoms with van der Waals surface area (Å²) in [6.07, 6.45) is -1.38. The van der Waals surface area contributed by atoms with Gasteiger partial charge in [-0.25, -0.2) is 23.5 Å². The molecule has 2 N–H and O–H groups in total. The number of nitrogens with zero attached hydrogens (tertiary/aromatic N) is 4. The molecule has 20 heteroatoms. The van der Waals surface area contributed by atoms with Crippen molar-refractivity contribution in [2.45, 2.75) is 130 Å². The normalized spacial score (nSPS) is 13.9. The van der Waals surface area contributed by atoms with Crippen LogP contribution in [-0.4, -0.2) is 70.7 Å². The van der Waals surface area contributed by atoms with E-state index in [4.69, 9.17) is 53.5 Å². The molecule has 0 radical (unpaired) electrons. The van der Waals surface area contributed by atoms with Gasteiger partial charge in [0.1, 0.15) is 42.7 Å². The van der Waals surface area contributed by atoms with Crippen molar-refractivity contribution < 1.29 is 64.3 Å². The predicted octanol–water partition coefficient (Wildman–Crippen LogP) is 15.0. The molecule has 470 valence electrons. The lowest BCUT2D eigenvalue weighted by molar-refractivity contribution is -0.275. The Balaban J connectivity index is 0.000000187. The summed E-state index contributed by atoms with van der Waals surface area (Å²) in [6, 6.07) is 34.9. The number of benzene rings is 6. The number of nitrogens with two attached hydrogens (primary N) is 1. The number of primary sulfonamides is 1. The van der Waals surface area contributed by atoms with Crippen LogP contribution in [0, 0.1) is 13.8 Å². The van der Waals surface area contributed by atoms with E-state index in [0.717, 1.165) is 107 Å². The highest BCUT2D eigenvalue weighted by Gasteiger charge is 2.35. The van der Waals surface area contributed by atoms with E-state index < -0.39 is 39.8 Å². The number of aromatic nitrogens is 4. The number of carbonyl (C=O) groups excluding carboxylic acids is 2. The van der Waals surface area contributed by atoms with Crippen molar-refractivity contribution in [1.29, 1.82) is 0 Å². The van der Waals surface area contributed by atoms with E-state index >= 15 is 0 Å². The summed E-state index contributed by atoms with van der Waals surface area (Å²) in [7, 11) is -3.78. The van der Waals surface area contributed by atoms with Gasteiger partial charge in [-0.2, -0.15) is 0 Å². The van der Waals surface area contributed by atoms with Crippen LogP contribution in [0.5, 0.6) is 29.0 Å². The molecule has 0 bridgehead atoms. The summed E-state index contributed by atoms with van der Waals surface area (Å²) in [5.41, 5.74) is 11.2. The maximum Gasteiger partial charge on any atom is 0.573 e. The lowest BCUT2D eigenvalue weighted by atomic mass is 9.86. The topological polar surface area (TPSA) is 210 Å². The van der Waals surface area contributed by atoms with Crippen molar-refractivity contribution in [2.75, 3.05) is 13.2 Å². The molecule has 2 atom stereocenters. The first-order valence-corrected chi connectivity index (χ1v) is 31.2. The number of sulfonamides is 1. The molecule has 0 saturated heterocycles. The number of halogens is 3. The van der Waals surface area contributed by atoms with Gasteiger partial charge in [0.2, 0.25) is 21.8 Å². The number of carbonyl (C=O) groups is 2. The fourth-order valence-corrected chi connectivity index (χ4v) is 12.3. The van der Waals surface area contributed by atoms with Crippen molar-refractivity contribution in [2.24, 2.45) is 5.14 Å². The van der Waals surface area contributed by atoms with Crippen LogP contribution in [0.3, 0.4) is 0 Å². The number of hydrogen-bond acceptors (Lipinski definition) is 15. The Labute approximate surface area is 524 Å². The van der Waals surface area contributed by atoms with E-state index in [9.17, 15) is 31.2 Å². The van der Waals surface area contributed by atoms with Crippen LogP contribution in [-0.2, 0) is 55.1 Å². The number of para-hydroxylation sites is 1. The Hall–Kier alpha value is -9.08. The highest BCUT2D eigenvalue weighted by atomic mass is 32.2. The molecule has 0 fully saturated rings. The lowest BCUT2D eigenvalue weighted by Gasteiger charge is -2.30. The molecule has 0 saturated carbocycles. The first-order valence-electron chi connectivity index (χ1n) is 29.6. The Kier molecular flexibility index (Phi) is 17.4. The van der Waals surface area contributed by atoms with E-state index in [-0.39, 0.29) is 46.9 Å². The maximum absolute atomic E-state index is 13.2.